The minimum atomic E-state index is -2.36. The lowest BCUT2D eigenvalue weighted by Gasteiger charge is -2.35. The van der Waals surface area contributed by atoms with E-state index in [2.05, 4.69) is 29.6 Å². The third-order valence-corrected chi connectivity index (χ3v) is 6.35. The van der Waals surface area contributed by atoms with Crippen molar-refractivity contribution in [1.82, 2.24) is 15.1 Å². The Morgan fingerprint density at radius 2 is 1.68 bits per heavy atom. The summed E-state index contributed by atoms with van der Waals surface area (Å²) < 4.78 is 40.3. The fourth-order valence-corrected chi connectivity index (χ4v) is 4.32. The van der Waals surface area contributed by atoms with Crippen molar-refractivity contribution in [3.8, 4) is 0 Å². The summed E-state index contributed by atoms with van der Waals surface area (Å²) in [6.07, 6.45) is 3.19. The molecule has 0 saturated carbocycles. The van der Waals surface area contributed by atoms with Crippen LogP contribution in [-0.2, 0) is 9.59 Å². The van der Waals surface area contributed by atoms with Crippen molar-refractivity contribution < 1.29 is 22.8 Å². The fourth-order valence-electron chi connectivity index (χ4n) is 4.32. The van der Waals surface area contributed by atoms with Crippen molar-refractivity contribution in [2.24, 2.45) is 0 Å². The monoisotopic (exact) mass is 471 g/mol. The Hall–Kier alpha value is -3.13. The SMILES string of the molecule is O=C(CNCC1=CC=C(c2ccccc2)CC1)N1CCN(C(=O)C2=CC(F)C(F)C(F)=C2)CC1. The van der Waals surface area contributed by atoms with Crippen LogP contribution in [-0.4, -0.2) is 73.2 Å². The first-order chi connectivity index (χ1) is 16.4. The second-order valence-corrected chi connectivity index (χ2v) is 8.66. The number of nitrogens with zero attached hydrogens (tertiary/aromatic N) is 2. The van der Waals surface area contributed by atoms with Crippen LogP contribution in [0.1, 0.15) is 18.4 Å². The molecule has 1 aromatic rings. The summed E-state index contributed by atoms with van der Waals surface area (Å²) in [5, 5.41) is 3.20. The van der Waals surface area contributed by atoms with Crippen molar-refractivity contribution in [3.63, 3.8) is 0 Å². The van der Waals surface area contributed by atoms with Gasteiger partial charge in [0, 0.05) is 38.3 Å². The summed E-state index contributed by atoms with van der Waals surface area (Å²) in [6, 6.07) is 10.3. The molecule has 1 aliphatic heterocycles. The normalized spacial score (nSPS) is 23.0. The topological polar surface area (TPSA) is 52.7 Å². The maximum Gasteiger partial charge on any atom is 0.253 e. The Labute approximate surface area is 197 Å². The van der Waals surface area contributed by atoms with Gasteiger partial charge in [-0.15, -0.1) is 0 Å². The number of hydrogen-bond donors (Lipinski definition) is 1. The molecule has 0 spiro atoms. The maximum absolute atomic E-state index is 13.6. The number of halogens is 3. The van der Waals surface area contributed by atoms with E-state index in [0.717, 1.165) is 25.0 Å². The molecule has 1 aromatic carbocycles. The minimum Gasteiger partial charge on any atom is -0.338 e. The minimum absolute atomic E-state index is 0.0593. The van der Waals surface area contributed by atoms with Gasteiger partial charge in [0.25, 0.3) is 5.91 Å². The molecule has 4 rings (SSSR count). The van der Waals surface area contributed by atoms with Gasteiger partial charge in [0.15, 0.2) is 12.3 Å². The number of amides is 2. The molecule has 2 aliphatic carbocycles. The lowest BCUT2D eigenvalue weighted by Crippen LogP contribution is -2.52. The van der Waals surface area contributed by atoms with Gasteiger partial charge in [0.05, 0.1) is 6.54 Å². The van der Waals surface area contributed by atoms with E-state index in [-0.39, 0.29) is 31.1 Å². The summed E-state index contributed by atoms with van der Waals surface area (Å²) in [6.45, 7) is 2.01. The number of piperazine rings is 1. The van der Waals surface area contributed by atoms with Crippen LogP contribution in [0.15, 0.2) is 71.6 Å². The molecule has 0 aromatic heterocycles. The van der Waals surface area contributed by atoms with Gasteiger partial charge < -0.3 is 15.1 Å². The number of nitrogens with one attached hydrogen (secondary N) is 1. The number of alkyl halides is 2. The van der Waals surface area contributed by atoms with E-state index < -0.39 is 24.1 Å². The van der Waals surface area contributed by atoms with E-state index in [0.29, 0.717) is 19.6 Å². The van der Waals surface area contributed by atoms with Crippen LogP contribution >= 0.6 is 0 Å². The Morgan fingerprint density at radius 1 is 0.971 bits per heavy atom. The van der Waals surface area contributed by atoms with Gasteiger partial charge in [-0.05, 0) is 36.1 Å². The highest BCUT2D eigenvalue weighted by Gasteiger charge is 2.32. The molecule has 1 N–H and O–H groups in total. The van der Waals surface area contributed by atoms with E-state index >= 15 is 0 Å². The Kier molecular flexibility index (Phi) is 7.67. The zero-order chi connectivity index (χ0) is 24.1. The lowest BCUT2D eigenvalue weighted by molar-refractivity contribution is -0.136. The van der Waals surface area contributed by atoms with E-state index in [1.54, 1.807) is 4.90 Å². The standard InChI is InChI=1S/C26H28F3N3O2/c27-22-14-21(15-23(28)25(22)29)26(34)32-12-10-31(11-13-32)24(33)17-30-16-18-6-8-20(9-7-18)19-4-2-1-3-5-19/h1-6,8,14-15,22,25,30H,7,9-13,16-17H2. The highest BCUT2D eigenvalue weighted by atomic mass is 19.2. The molecule has 2 atom stereocenters. The van der Waals surface area contributed by atoms with Gasteiger partial charge in [0.1, 0.15) is 5.83 Å². The van der Waals surface area contributed by atoms with Crippen molar-refractivity contribution >= 4 is 17.4 Å². The number of carbonyl (C=O) groups is 2. The smallest absolute Gasteiger partial charge is 0.253 e. The van der Waals surface area contributed by atoms with Gasteiger partial charge in [-0.3, -0.25) is 9.59 Å². The predicted molar refractivity (Wildman–Crippen MR) is 125 cm³/mol. The third-order valence-electron chi connectivity index (χ3n) is 6.35. The molecule has 3 aliphatic rings. The quantitative estimate of drug-likeness (QED) is 0.691. The molecule has 0 bridgehead atoms. The number of rotatable bonds is 6. The van der Waals surface area contributed by atoms with Crippen LogP contribution in [0, 0.1) is 0 Å². The summed E-state index contributed by atoms with van der Waals surface area (Å²) in [4.78, 5) is 28.2. The van der Waals surface area contributed by atoms with Gasteiger partial charge >= 0.3 is 0 Å². The number of carbonyl (C=O) groups excluding carboxylic acids is 2. The number of benzene rings is 1. The average Bonchev–Trinajstić information content (AvgIpc) is 2.87. The van der Waals surface area contributed by atoms with Crippen molar-refractivity contribution in [3.05, 3.63) is 77.2 Å². The summed E-state index contributed by atoms with van der Waals surface area (Å²) in [5.74, 6) is -1.89. The first-order valence-corrected chi connectivity index (χ1v) is 11.5. The van der Waals surface area contributed by atoms with E-state index in [9.17, 15) is 22.8 Å². The Balaban J connectivity index is 1.20. The molecule has 2 unspecified atom stereocenters. The summed E-state index contributed by atoms with van der Waals surface area (Å²) >= 11 is 0. The molecule has 1 heterocycles. The molecule has 34 heavy (non-hydrogen) atoms. The molecular formula is C26H28F3N3O2. The van der Waals surface area contributed by atoms with Gasteiger partial charge in [-0.2, -0.15) is 0 Å². The molecule has 1 saturated heterocycles. The van der Waals surface area contributed by atoms with Crippen molar-refractivity contribution in [2.45, 2.75) is 25.2 Å². The highest BCUT2D eigenvalue weighted by molar-refractivity contribution is 5.97. The largest absolute Gasteiger partial charge is 0.338 e. The summed E-state index contributed by atoms with van der Waals surface area (Å²) in [5.41, 5.74) is 3.59. The van der Waals surface area contributed by atoms with Crippen molar-refractivity contribution in [2.75, 3.05) is 39.3 Å². The lowest BCUT2D eigenvalue weighted by atomic mass is 9.93. The molecule has 180 valence electrons. The van der Waals surface area contributed by atoms with Gasteiger partial charge in [-0.25, -0.2) is 13.2 Å². The van der Waals surface area contributed by atoms with Crippen LogP contribution < -0.4 is 5.32 Å². The molecule has 8 heteroatoms. The van der Waals surface area contributed by atoms with E-state index in [4.69, 9.17) is 0 Å². The first-order valence-electron chi connectivity index (χ1n) is 11.5. The second-order valence-electron chi connectivity index (χ2n) is 8.66. The van der Waals surface area contributed by atoms with E-state index in [1.807, 2.05) is 18.2 Å². The first kappa shape index (κ1) is 24.0. The molecule has 1 fully saturated rings. The van der Waals surface area contributed by atoms with Crippen LogP contribution in [0.5, 0.6) is 0 Å². The average molecular weight is 472 g/mol. The molecule has 5 nitrogen and oxygen atoms in total. The second kappa shape index (κ2) is 10.9. The van der Waals surface area contributed by atoms with Crippen molar-refractivity contribution in [1.29, 1.82) is 0 Å². The zero-order valence-electron chi connectivity index (χ0n) is 18.9. The van der Waals surface area contributed by atoms with E-state index in [1.165, 1.54) is 21.6 Å². The highest BCUT2D eigenvalue weighted by Crippen LogP contribution is 2.27. The van der Waals surface area contributed by atoms with Crippen LogP contribution in [0.3, 0.4) is 0 Å². The van der Waals surface area contributed by atoms with Gasteiger partial charge in [0.2, 0.25) is 5.91 Å². The maximum atomic E-state index is 13.6. The third kappa shape index (κ3) is 5.67. The van der Waals surface area contributed by atoms with Crippen LogP contribution in [0.4, 0.5) is 13.2 Å². The van der Waals surface area contributed by atoms with Crippen LogP contribution in [0.2, 0.25) is 0 Å². The number of allylic oxidation sites excluding steroid dienone is 5. The molecular weight excluding hydrogens is 443 g/mol. The summed E-state index contributed by atoms with van der Waals surface area (Å²) in [7, 11) is 0. The Bertz CT molecular complexity index is 1040. The fraction of sp³-hybridized carbons (Fsp3) is 0.385. The van der Waals surface area contributed by atoms with Gasteiger partial charge in [-0.1, -0.05) is 48.1 Å². The predicted octanol–water partition coefficient (Wildman–Crippen LogP) is 3.52. The number of hydrogen-bond acceptors (Lipinski definition) is 3. The molecule has 0 radical (unpaired) electrons. The Morgan fingerprint density at radius 3 is 2.32 bits per heavy atom. The molecule has 2 amide bonds. The zero-order valence-corrected chi connectivity index (χ0v) is 18.9. The van der Waals surface area contributed by atoms with Crippen LogP contribution in [0.25, 0.3) is 5.57 Å².